The van der Waals surface area contributed by atoms with Crippen molar-refractivity contribution >= 4 is 53.3 Å². The number of aliphatic hydroxyl groups is 2. The number of carboxylic acid groups (broad SMARTS) is 2. The van der Waals surface area contributed by atoms with Gasteiger partial charge < -0.3 is 74.6 Å². The van der Waals surface area contributed by atoms with E-state index >= 15 is 0 Å². The van der Waals surface area contributed by atoms with Crippen molar-refractivity contribution in [2.24, 2.45) is 28.1 Å². The Kier molecular flexibility index (Phi) is 21.1. The van der Waals surface area contributed by atoms with Gasteiger partial charge in [0.2, 0.25) is 35.4 Å². The molecule has 1 aromatic carbocycles. The Balaban J connectivity index is 3.14. The van der Waals surface area contributed by atoms with Gasteiger partial charge in [0.05, 0.1) is 25.2 Å². The topological polar surface area (TPSA) is 400 Å². The Morgan fingerprint density at radius 2 is 1.22 bits per heavy atom. The number of amides is 6. The van der Waals surface area contributed by atoms with Gasteiger partial charge in [0.15, 0.2) is 12.0 Å². The van der Waals surface area contributed by atoms with E-state index in [0.29, 0.717) is 5.56 Å². The van der Waals surface area contributed by atoms with Crippen LogP contribution in [0.5, 0.6) is 5.75 Å². The van der Waals surface area contributed by atoms with Crippen LogP contribution in [0.3, 0.4) is 0 Å². The van der Waals surface area contributed by atoms with Gasteiger partial charge >= 0.3 is 11.9 Å². The van der Waals surface area contributed by atoms with E-state index < -0.39 is 109 Å². The maximum absolute atomic E-state index is 13.6. The molecule has 0 fully saturated rings. The van der Waals surface area contributed by atoms with Crippen LogP contribution in [0.15, 0.2) is 29.3 Å². The molecular weight excluding hydrogens is 768 g/mol. The highest BCUT2D eigenvalue weighted by atomic mass is 16.4. The summed E-state index contributed by atoms with van der Waals surface area (Å²) in [6, 6.07) is -4.53. The maximum Gasteiger partial charge on any atom is 0.328 e. The standard InChI is InChI=1S/C35H56N10O13/c1-16(2)12-23(43-29(52)21(36)13-19-7-9-20(48)10-8-19)31(54)41-22(6-5-11-39-35(37)38)30(53)44-25(15-46)33(56)40-17(3)28(51)42-24(14-26(49)50)32(55)45-27(18(4)47)34(57)58/h7-10,16-18,21-25,27,46-48H,5-6,11-15,36H2,1-4H3,(H,40,56)(H,41,54)(H,42,51)(H,43,52)(H,44,53)(H,45,55)(H,49,50)(H,57,58)(H4,37,38,39)/t17-,18+,21-,22-,23-,24-,25-,27-/m0/s1. The summed E-state index contributed by atoms with van der Waals surface area (Å²) in [6.07, 6.45) is -2.35. The van der Waals surface area contributed by atoms with Crippen LogP contribution in [-0.2, 0) is 44.8 Å². The molecule has 23 nitrogen and oxygen atoms in total. The fourth-order valence-electron chi connectivity index (χ4n) is 5.17. The van der Waals surface area contributed by atoms with E-state index in [2.05, 4.69) is 31.6 Å². The number of aromatic hydroxyl groups is 1. The van der Waals surface area contributed by atoms with Crippen molar-refractivity contribution in [3.8, 4) is 5.75 Å². The van der Waals surface area contributed by atoms with E-state index in [0.717, 1.165) is 13.8 Å². The summed E-state index contributed by atoms with van der Waals surface area (Å²) in [5, 5.41) is 61.3. The maximum atomic E-state index is 13.6. The Morgan fingerprint density at radius 1 is 0.707 bits per heavy atom. The van der Waals surface area contributed by atoms with Crippen LogP contribution in [0.4, 0.5) is 0 Å². The average Bonchev–Trinajstić information content (AvgIpc) is 3.12. The summed E-state index contributed by atoms with van der Waals surface area (Å²) in [7, 11) is 0. The van der Waals surface area contributed by atoms with E-state index in [1.165, 1.54) is 12.1 Å². The highest BCUT2D eigenvalue weighted by Crippen LogP contribution is 2.12. The molecule has 0 aliphatic rings. The molecule has 1 rings (SSSR count). The first-order chi connectivity index (χ1) is 27.0. The first-order valence-corrected chi connectivity index (χ1v) is 18.2. The van der Waals surface area contributed by atoms with Crippen molar-refractivity contribution in [2.45, 2.75) is 108 Å². The number of guanidine groups is 1. The predicted molar refractivity (Wildman–Crippen MR) is 205 cm³/mol. The second-order valence-electron chi connectivity index (χ2n) is 13.9. The second kappa shape index (κ2) is 24.5. The molecule has 0 aliphatic heterocycles. The predicted octanol–water partition coefficient (Wildman–Crippen LogP) is -4.78. The minimum Gasteiger partial charge on any atom is -0.508 e. The number of carbonyl (C=O) groups is 8. The Labute approximate surface area is 333 Å². The molecule has 0 bridgehead atoms. The summed E-state index contributed by atoms with van der Waals surface area (Å²) in [5.74, 6) is -9.44. The van der Waals surface area contributed by atoms with Crippen molar-refractivity contribution in [2.75, 3.05) is 13.2 Å². The van der Waals surface area contributed by atoms with Crippen molar-refractivity contribution in [3.05, 3.63) is 29.8 Å². The van der Waals surface area contributed by atoms with Gasteiger partial charge in [-0.05, 0) is 63.1 Å². The number of phenols is 1. The molecule has 0 unspecified atom stereocenters. The number of phenolic OH excluding ortho intramolecular Hbond substituents is 1. The lowest BCUT2D eigenvalue weighted by molar-refractivity contribution is -0.146. The molecular formula is C35H56N10O13. The minimum atomic E-state index is -1.85. The van der Waals surface area contributed by atoms with Crippen LogP contribution >= 0.6 is 0 Å². The van der Waals surface area contributed by atoms with Crippen LogP contribution in [-0.4, -0.2) is 140 Å². The molecule has 0 aromatic heterocycles. The normalized spacial score (nSPS) is 15.1. The zero-order chi connectivity index (χ0) is 44.3. The Bertz CT molecular complexity index is 1620. The number of carbonyl (C=O) groups excluding carboxylic acids is 6. The van der Waals surface area contributed by atoms with E-state index in [-0.39, 0.29) is 49.9 Å². The zero-order valence-electron chi connectivity index (χ0n) is 32.6. The molecule has 0 heterocycles. The van der Waals surface area contributed by atoms with E-state index in [1.807, 2.05) is 5.32 Å². The van der Waals surface area contributed by atoms with Crippen molar-refractivity contribution in [3.63, 3.8) is 0 Å². The number of benzene rings is 1. The number of nitrogens with one attached hydrogen (secondary N) is 6. The molecule has 58 heavy (non-hydrogen) atoms. The molecule has 8 atom stereocenters. The van der Waals surface area contributed by atoms with Crippen molar-refractivity contribution in [1.29, 1.82) is 0 Å². The van der Waals surface area contributed by atoms with Crippen molar-refractivity contribution in [1.82, 2.24) is 31.9 Å². The van der Waals surface area contributed by atoms with Gasteiger partial charge in [0, 0.05) is 6.54 Å². The van der Waals surface area contributed by atoms with Crippen LogP contribution in [0, 0.1) is 5.92 Å². The molecule has 0 aliphatic carbocycles. The molecule has 23 heteroatoms. The van der Waals surface area contributed by atoms with Crippen LogP contribution in [0.1, 0.15) is 58.9 Å². The van der Waals surface area contributed by atoms with Gasteiger partial charge in [-0.1, -0.05) is 26.0 Å². The van der Waals surface area contributed by atoms with E-state index in [1.54, 1.807) is 26.0 Å². The van der Waals surface area contributed by atoms with Gasteiger partial charge in [0.1, 0.15) is 36.0 Å². The highest BCUT2D eigenvalue weighted by molar-refractivity contribution is 5.97. The van der Waals surface area contributed by atoms with Crippen LogP contribution in [0.2, 0.25) is 0 Å². The molecule has 1 aromatic rings. The number of nitrogens with zero attached hydrogens (tertiary/aromatic N) is 1. The molecule has 0 spiro atoms. The smallest absolute Gasteiger partial charge is 0.328 e. The molecule has 324 valence electrons. The Morgan fingerprint density at radius 3 is 1.74 bits per heavy atom. The molecule has 0 saturated carbocycles. The SMILES string of the molecule is CC(C)C[C@H](NC(=O)[C@@H](N)Cc1ccc(O)cc1)C(=O)N[C@@H](CCCN=C(N)N)C(=O)N[C@@H](CO)C(=O)N[C@@H](C)C(=O)N[C@@H](CC(=O)O)C(=O)N[C@H](C(=O)O)[C@@H](C)O. The quantitative estimate of drug-likeness (QED) is 0.0250. The third-order valence-electron chi connectivity index (χ3n) is 8.27. The molecule has 6 amide bonds. The fraction of sp³-hybridized carbons (Fsp3) is 0.571. The Hall–Kier alpha value is -6.07. The molecule has 17 N–H and O–H groups in total. The number of aliphatic imine (C=N–C) groups is 1. The number of carboxylic acids is 2. The number of nitrogens with two attached hydrogens (primary N) is 3. The summed E-state index contributed by atoms with van der Waals surface area (Å²) >= 11 is 0. The highest BCUT2D eigenvalue weighted by Gasteiger charge is 2.34. The summed E-state index contributed by atoms with van der Waals surface area (Å²) in [5.41, 5.74) is 17.5. The third kappa shape index (κ3) is 18.3. The van der Waals surface area contributed by atoms with E-state index in [9.17, 15) is 63.9 Å². The lowest BCUT2D eigenvalue weighted by Gasteiger charge is -2.27. The first-order valence-electron chi connectivity index (χ1n) is 18.2. The van der Waals surface area contributed by atoms with Gasteiger partial charge in [-0.2, -0.15) is 0 Å². The van der Waals surface area contributed by atoms with Crippen molar-refractivity contribution < 1.29 is 63.9 Å². The largest absolute Gasteiger partial charge is 0.508 e. The van der Waals surface area contributed by atoms with Crippen LogP contribution in [0.25, 0.3) is 0 Å². The van der Waals surface area contributed by atoms with Gasteiger partial charge in [-0.15, -0.1) is 0 Å². The number of rotatable bonds is 25. The van der Waals surface area contributed by atoms with Crippen LogP contribution < -0.4 is 49.1 Å². The number of aliphatic hydroxyl groups excluding tert-OH is 2. The lowest BCUT2D eigenvalue weighted by atomic mass is 10.0. The molecule has 0 saturated heterocycles. The van der Waals surface area contributed by atoms with Gasteiger partial charge in [-0.25, -0.2) is 4.79 Å². The lowest BCUT2D eigenvalue weighted by Crippen LogP contribution is -2.60. The monoisotopic (exact) mass is 824 g/mol. The second-order valence-corrected chi connectivity index (χ2v) is 13.9. The van der Waals surface area contributed by atoms with Gasteiger partial charge in [0.25, 0.3) is 0 Å². The average molecular weight is 825 g/mol. The van der Waals surface area contributed by atoms with E-state index in [4.69, 9.17) is 17.2 Å². The third-order valence-corrected chi connectivity index (χ3v) is 8.27. The molecule has 0 radical (unpaired) electrons. The summed E-state index contributed by atoms with van der Waals surface area (Å²) in [6.45, 7) is 4.80. The fourth-order valence-corrected chi connectivity index (χ4v) is 5.17. The number of aliphatic carboxylic acids is 2. The summed E-state index contributed by atoms with van der Waals surface area (Å²) < 4.78 is 0. The first kappa shape index (κ1) is 49.9. The number of hydrogen-bond donors (Lipinski definition) is 14. The number of hydrogen-bond acceptors (Lipinski definition) is 13. The summed E-state index contributed by atoms with van der Waals surface area (Å²) in [4.78, 5) is 106. The zero-order valence-corrected chi connectivity index (χ0v) is 32.6. The van der Waals surface area contributed by atoms with Gasteiger partial charge in [-0.3, -0.25) is 38.6 Å². The minimum absolute atomic E-state index is 0.0244.